The third-order valence-electron chi connectivity index (χ3n) is 2.68. The van der Waals surface area contributed by atoms with E-state index in [0.29, 0.717) is 4.06 Å². The summed E-state index contributed by atoms with van der Waals surface area (Å²) in [5.41, 5.74) is 0.888. The Kier molecular flexibility index (Phi) is 2.46. The van der Waals surface area contributed by atoms with Crippen LogP contribution in [0, 0.1) is 9.88 Å². The summed E-state index contributed by atoms with van der Waals surface area (Å²) in [6.45, 7) is 0. The number of halogens is 1. The number of para-hydroxylation sites is 1. The molecule has 1 aliphatic rings. The zero-order chi connectivity index (χ0) is 11.8. The Labute approximate surface area is 101 Å². The second-order valence-corrected chi connectivity index (χ2v) is 6.85. The van der Waals surface area contributed by atoms with Crippen LogP contribution in [0.2, 0.25) is 0 Å². The van der Waals surface area contributed by atoms with Crippen LogP contribution in [0.3, 0.4) is 0 Å². The van der Waals surface area contributed by atoms with E-state index in [2.05, 4.69) is 0 Å². The summed E-state index contributed by atoms with van der Waals surface area (Å²) in [6.07, 6.45) is 1.83. The standard InChI is InChI=1S/C13H10FNOSe/c14-11-7-6-10-9-15(17(16)13(10)8-11)12-4-2-1-3-5-12/h1-9,17H. The van der Waals surface area contributed by atoms with Crippen LogP contribution in [0.15, 0.2) is 48.5 Å². The van der Waals surface area contributed by atoms with Crippen molar-refractivity contribution in [2.75, 3.05) is 3.92 Å². The number of rotatable bonds is 1. The first-order valence-corrected chi connectivity index (χ1v) is 7.76. The zero-order valence-corrected chi connectivity index (χ0v) is 10.8. The Morgan fingerprint density at radius 1 is 1.06 bits per heavy atom. The average Bonchev–Trinajstić information content (AvgIpc) is 2.68. The zero-order valence-electron chi connectivity index (χ0n) is 8.88. The van der Waals surface area contributed by atoms with Crippen LogP contribution in [-0.2, 0) is 3.83 Å². The van der Waals surface area contributed by atoms with E-state index in [0.717, 1.165) is 10.9 Å². The Bertz CT molecular complexity index is 736. The van der Waals surface area contributed by atoms with Gasteiger partial charge in [-0.15, -0.1) is 0 Å². The predicted octanol–water partition coefficient (Wildman–Crippen LogP) is 1.57. The molecule has 0 saturated carbocycles. The molecule has 1 heterocycles. The van der Waals surface area contributed by atoms with Gasteiger partial charge in [0.05, 0.1) is 0 Å². The molecule has 1 atom stereocenters. The molecular weight excluding hydrogens is 284 g/mol. The van der Waals surface area contributed by atoms with Crippen molar-refractivity contribution in [3.63, 3.8) is 0 Å². The second kappa shape index (κ2) is 3.99. The molecule has 0 aliphatic carbocycles. The predicted molar refractivity (Wildman–Crippen MR) is 66.1 cm³/mol. The minimum absolute atomic E-state index is 0.331. The van der Waals surface area contributed by atoms with E-state index in [4.69, 9.17) is 0 Å². The van der Waals surface area contributed by atoms with Gasteiger partial charge in [0.2, 0.25) is 0 Å². The molecule has 3 rings (SSSR count). The number of anilines is 1. The van der Waals surface area contributed by atoms with E-state index in [9.17, 15) is 8.23 Å². The third kappa shape index (κ3) is 1.75. The van der Waals surface area contributed by atoms with Gasteiger partial charge in [-0.05, 0) is 0 Å². The number of hydrogen-bond donors (Lipinski definition) is 0. The van der Waals surface area contributed by atoms with Crippen LogP contribution in [0.1, 0.15) is 0 Å². The number of nitrogens with zero attached hydrogens (tertiary/aromatic N) is 1. The molecule has 0 aromatic heterocycles. The van der Waals surface area contributed by atoms with Gasteiger partial charge in [-0.3, -0.25) is 0 Å². The van der Waals surface area contributed by atoms with E-state index in [1.807, 2.05) is 36.5 Å². The Morgan fingerprint density at radius 2 is 1.82 bits per heavy atom. The van der Waals surface area contributed by atoms with Crippen molar-refractivity contribution in [2.24, 2.45) is 0 Å². The maximum atomic E-state index is 13.1. The van der Waals surface area contributed by atoms with Gasteiger partial charge in [-0.2, -0.15) is 0 Å². The van der Waals surface area contributed by atoms with Gasteiger partial charge in [0.25, 0.3) is 0 Å². The van der Waals surface area contributed by atoms with Crippen molar-refractivity contribution in [2.45, 2.75) is 0 Å². The molecule has 0 N–H and O–H groups in total. The fraction of sp³-hybridized carbons (Fsp3) is 0. The van der Waals surface area contributed by atoms with Gasteiger partial charge in [0.1, 0.15) is 0 Å². The van der Waals surface area contributed by atoms with Gasteiger partial charge in [0.15, 0.2) is 0 Å². The second-order valence-electron chi connectivity index (χ2n) is 3.79. The fourth-order valence-corrected chi connectivity index (χ4v) is 4.77. The molecule has 0 spiro atoms. The summed E-state index contributed by atoms with van der Waals surface area (Å²) < 4.78 is 27.8. The van der Waals surface area contributed by atoms with Gasteiger partial charge in [0, 0.05) is 0 Å². The molecule has 0 fully saturated rings. The van der Waals surface area contributed by atoms with Crippen LogP contribution >= 0.6 is 0 Å². The first kappa shape index (κ1) is 10.5. The van der Waals surface area contributed by atoms with Crippen LogP contribution in [0.5, 0.6) is 0 Å². The number of benzene rings is 2. The fourth-order valence-electron chi connectivity index (χ4n) is 1.85. The SMILES string of the molecule is O=[SeH]1=c2cc(F)ccc2=CN1c1ccccc1. The quantitative estimate of drug-likeness (QED) is 0.744. The molecule has 2 nitrogen and oxygen atoms in total. The molecule has 0 radical (unpaired) electrons. The summed E-state index contributed by atoms with van der Waals surface area (Å²) in [5, 5.41) is 0.852. The van der Waals surface area contributed by atoms with Crippen LogP contribution in [0.4, 0.5) is 10.1 Å². The minimum atomic E-state index is -2.60. The van der Waals surface area contributed by atoms with Gasteiger partial charge >= 0.3 is 101 Å². The Morgan fingerprint density at radius 3 is 2.59 bits per heavy atom. The van der Waals surface area contributed by atoms with Crippen molar-refractivity contribution in [1.82, 2.24) is 0 Å². The molecule has 0 saturated heterocycles. The van der Waals surface area contributed by atoms with E-state index < -0.39 is 13.6 Å². The Balaban J connectivity index is 2.24. The molecule has 86 valence electrons. The van der Waals surface area contributed by atoms with Crippen molar-refractivity contribution >= 4 is 25.5 Å². The molecule has 1 unspecified atom stereocenters. The molecular formula is C13H10FNOSe. The maximum absolute atomic E-state index is 13.1. The van der Waals surface area contributed by atoms with Crippen molar-refractivity contribution < 1.29 is 8.23 Å². The van der Waals surface area contributed by atoms with Crippen molar-refractivity contribution in [1.29, 1.82) is 0 Å². The summed E-state index contributed by atoms with van der Waals surface area (Å²) >= 11 is -2.60. The van der Waals surface area contributed by atoms with Crippen molar-refractivity contribution in [3.8, 4) is 0 Å². The topological polar surface area (TPSA) is 20.3 Å². The molecule has 2 aromatic carbocycles. The van der Waals surface area contributed by atoms with Crippen molar-refractivity contribution in [3.05, 3.63) is 63.6 Å². The molecule has 17 heavy (non-hydrogen) atoms. The van der Waals surface area contributed by atoms with Gasteiger partial charge in [-0.1, -0.05) is 0 Å². The summed E-state index contributed by atoms with van der Waals surface area (Å²) in [6, 6.07) is 14.0. The van der Waals surface area contributed by atoms with E-state index in [1.165, 1.54) is 12.1 Å². The van der Waals surface area contributed by atoms with E-state index in [-0.39, 0.29) is 5.82 Å². The van der Waals surface area contributed by atoms with Gasteiger partial charge in [-0.25, -0.2) is 0 Å². The first-order chi connectivity index (χ1) is 8.25. The molecule has 0 bridgehead atoms. The van der Waals surface area contributed by atoms with E-state index in [1.54, 1.807) is 9.98 Å². The first-order valence-electron chi connectivity index (χ1n) is 5.21. The summed E-state index contributed by atoms with van der Waals surface area (Å²) in [4.78, 5) is 0. The van der Waals surface area contributed by atoms with Gasteiger partial charge < -0.3 is 0 Å². The normalized spacial score (nSPS) is 17.7. The third-order valence-corrected chi connectivity index (χ3v) is 5.90. The summed E-state index contributed by atoms with van der Waals surface area (Å²) in [5.74, 6) is -0.331. The number of fused-ring (bicyclic) bond motifs is 1. The van der Waals surface area contributed by atoms with E-state index >= 15 is 0 Å². The summed E-state index contributed by atoms with van der Waals surface area (Å²) in [7, 11) is 0. The number of hydrogen-bond acceptors (Lipinski definition) is 1. The molecule has 2 aromatic rings. The molecule has 4 heteroatoms. The van der Waals surface area contributed by atoms with Crippen LogP contribution < -0.4 is 9.13 Å². The average molecular weight is 294 g/mol. The monoisotopic (exact) mass is 295 g/mol. The van der Waals surface area contributed by atoms with Crippen LogP contribution in [0.25, 0.3) is 6.20 Å². The van der Waals surface area contributed by atoms with Crippen LogP contribution in [-0.4, -0.2) is 13.6 Å². The molecule has 0 amide bonds. The Hall–Kier alpha value is -1.64. The molecule has 1 aliphatic heterocycles.